The van der Waals surface area contributed by atoms with Gasteiger partial charge in [0.05, 0.1) is 19.2 Å². The van der Waals surface area contributed by atoms with Crippen molar-refractivity contribution in [2.24, 2.45) is 4.99 Å². The number of aliphatic imine (C=N–C) groups is 1. The maximum atomic E-state index is 5.40. The van der Waals surface area contributed by atoms with Crippen LogP contribution in [0.5, 0.6) is 11.5 Å². The van der Waals surface area contributed by atoms with Crippen molar-refractivity contribution in [2.75, 3.05) is 45.8 Å². The van der Waals surface area contributed by atoms with E-state index in [1.54, 1.807) is 25.6 Å². The van der Waals surface area contributed by atoms with Crippen molar-refractivity contribution in [2.45, 2.75) is 32.2 Å². The number of piperidine rings is 1. The van der Waals surface area contributed by atoms with Crippen molar-refractivity contribution in [3.05, 3.63) is 34.3 Å². The Hall–Kier alpha value is -1.75. The van der Waals surface area contributed by atoms with Gasteiger partial charge in [0.1, 0.15) is 11.5 Å². The van der Waals surface area contributed by atoms with E-state index in [4.69, 9.17) is 9.47 Å². The van der Waals surface area contributed by atoms with Crippen LogP contribution >= 0.6 is 35.3 Å². The molecule has 2 heterocycles. The van der Waals surface area contributed by atoms with Gasteiger partial charge in [-0.15, -0.1) is 35.3 Å². The van der Waals surface area contributed by atoms with E-state index in [2.05, 4.69) is 44.6 Å². The van der Waals surface area contributed by atoms with E-state index < -0.39 is 0 Å². The minimum Gasteiger partial charge on any atom is -0.497 e. The number of rotatable bonds is 7. The average Bonchev–Trinajstić information content (AvgIpc) is 3.18. The standard InChI is InChI=1S/C21H31N5O2S.HI/c1-15-14-24-20(29-15)5-8-23-21(22-2)25-16-6-9-26(10-7-16)17-11-18(27-3)13-19(12-17)28-4;/h11-14,16H,5-10H2,1-4H3,(H2,22,23,25);1H. The second-order valence-corrected chi connectivity index (χ2v) is 8.41. The van der Waals surface area contributed by atoms with Crippen LogP contribution in [0.1, 0.15) is 22.7 Å². The molecule has 2 aromatic rings. The zero-order valence-corrected chi connectivity index (χ0v) is 21.3. The zero-order chi connectivity index (χ0) is 20.6. The Morgan fingerprint density at radius 3 is 2.40 bits per heavy atom. The largest absolute Gasteiger partial charge is 0.497 e. The SMILES string of the molecule is CN=C(NCCc1ncc(C)s1)NC1CCN(c2cc(OC)cc(OC)c2)CC1.I. The summed E-state index contributed by atoms with van der Waals surface area (Å²) >= 11 is 1.75. The quantitative estimate of drug-likeness (QED) is 0.316. The molecule has 1 aliphatic heterocycles. The van der Waals surface area contributed by atoms with Crippen LogP contribution in [0.2, 0.25) is 0 Å². The summed E-state index contributed by atoms with van der Waals surface area (Å²) in [5.41, 5.74) is 1.14. The zero-order valence-electron chi connectivity index (χ0n) is 18.1. The topological polar surface area (TPSA) is 71.0 Å². The second-order valence-electron chi connectivity index (χ2n) is 7.09. The molecule has 0 spiro atoms. The lowest BCUT2D eigenvalue weighted by atomic mass is 10.0. The number of aromatic nitrogens is 1. The molecule has 0 bridgehead atoms. The average molecular weight is 545 g/mol. The van der Waals surface area contributed by atoms with E-state index in [9.17, 15) is 0 Å². The van der Waals surface area contributed by atoms with Gasteiger partial charge in [-0.3, -0.25) is 4.99 Å². The van der Waals surface area contributed by atoms with E-state index >= 15 is 0 Å². The number of methoxy groups -OCH3 is 2. The van der Waals surface area contributed by atoms with Crippen LogP contribution in [-0.4, -0.2) is 57.9 Å². The Labute approximate surface area is 200 Å². The summed E-state index contributed by atoms with van der Waals surface area (Å²) in [6, 6.07) is 6.45. The van der Waals surface area contributed by atoms with Crippen LogP contribution in [-0.2, 0) is 6.42 Å². The molecule has 0 unspecified atom stereocenters. The first-order valence-electron chi connectivity index (χ1n) is 9.97. The lowest BCUT2D eigenvalue weighted by Crippen LogP contribution is -2.49. The number of nitrogens with one attached hydrogen (secondary N) is 2. The molecule has 1 aromatic heterocycles. The van der Waals surface area contributed by atoms with Crippen LogP contribution in [0.3, 0.4) is 0 Å². The number of ether oxygens (including phenoxy) is 2. The van der Waals surface area contributed by atoms with E-state index in [-0.39, 0.29) is 24.0 Å². The Balaban J connectivity index is 0.00000320. The van der Waals surface area contributed by atoms with Gasteiger partial charge in [0, 0.05) is 74.1 Å². The van der Waals surface area contributed by atoms with E-state index in [1.807, 2.05) is 19.3 Å². The third-order valence-electron chi connectivity index (χ3n) is 5.06. The molecule has 3 rings (SSSR count). The maximum Gasteiger partial charge on any atom is 0.191 e. The predicted molar refractivity (Wildman–Crippen MR) is 135 cm³/mol. The van der Waals surface area contributed by atoms with Crippen LogP contribution in [0.15, 0.2) is 29.4 Å². The first-order valence-corrected chi connectivity index (χ1v) is 10.8. The molecule has 1 saturated heterocycles. The Kier molecular flexibility index (Phi) is 9.96. The molecule has 9 heteroatoms. The highest BCUT2D eigenvalue weighted by atomic mass is 127. The van der Waals surface area contributed by atoms with Crippen molar-refractivity contribution in [3.8, 4) is 11.5 Å². The van der Waals surface area contributed by atoms with Gasteiger partial charge in [-0.1, -0.05) is 0 Å². The number of halogens is 1. The molecule has 166 valence electrons. The molecule has 0 radical (unpaired) electrons. The van der Waals surface area contributed by atoms with Gasteiger partial charge >= 0.3 is 0 Å². The number of nitrogens with zero attached hydrogens (tertiary/aromatic N) is 3. The minimum atomic E-state index is 0. The molecule has 1 aromatic carbocycles. The smallest absolute Gasteiger partial charge is 0.191 e. The van der Waals surface area contributed by atoms with Gasteiger partial charge in [0.15, 0.2) is 5.96 Å². The molecule has 7 nitrogen and oxygen atoms in total. The molecule has 0 amide bonds. The third kappa shape index (κ3) is 6.90. The number of benzene rings is 1. The van der Waals surface area contributed by atoms with Gasteiger partial charge in [-0.05, 0) is 19.8 Å². The summed E-state index contributed by atoms with van der Waals surface area (Å²) in [5, 5.41) is 8.13. The minimum absolute atomic E-state index is 0. The highest BCUT2D eigenvalue weighted by Crippen LogP contribution is 2.30. The summed E-state index contributed by atoms with van der Waals surface area (Å²) in [5.74, 6) is 2.50. The van der Waals surface area contributed by atoms with Crippen LogP contribution < -0.4 is 25.0 Å². The van der Waals surface area contributed by atoms with Crippen molar-refractivity contribution in [3.63, 3.8) is 0 Å². The molecular formula is C21H32IN5O2S. The van der Waals surface area contributed by atoms with Crippen molar-refractivity contribution in [1.29, 1.82) is 0 Å². The van der Waals surface area contributed by atoms with Gasteiger partial charge in [-0.2, -0.15) is 0 Å². The number of thiazole rings is 1. The van der Waals surface area contributed by atoms with Gasteiger partial charge < -0.3 is 25.0 Å². The summed E-state index contributed by atoms with van der Waals surface area (Å²) in [6.07, 6.45) is 4.94. The van der Waals surface area contributed by atoms with Crippen molar-refractivity contribution < 1.29 is 9.47 Å². The lowest BCUT2D eigenvalue weighted by molar-refractivity contribution is 0.393. The van der Waals surface area contributed by atoms with Crippen LogP contribution in [0.25, 0.3) is 0 Å². The summed E-state index contributed by atoms with van der Waals surface area (Å²) in [7, 11) is 5.19. The van der Waals surface area contributed by atoms with Crippen LogP contribution in [0, 0.1) is 6.92 Å². The predicted octanol–water partition coefficient (Wildman–Crippen LogP) is 3.46. The molecule has 1 fully saturated rings. The van der Waals surface area contributed by atoms with Crippen molar-refractivity contribution >= 4 is 47.0 Å². The normalized spacial score (nSPS) is 14.8. The molecule has 0 aliphatic carbocycles. The summed E-state index contributed by atoms with van der Waals surface area (Å²) in [4.78, 5) is 12.4. The third-order valence-corrected chi connectivity index (χ3v) is 6.03. The van der Waals surface area contributed by atoms with E-state index in [0.29, 0.717) is 6.04 Å². The van der Waals surface area contributed by atoms with E-state index in [0.717, 1.165) is 67.1 Å². The Bertz CT molecular complexity index is 799. The molecule has 0 saturated carbocycles. The molecule has 30 heavy (non-hydrogen) atoms. The highest BCUT2D eigenvalue weighted by molar-refractivity contribution is 14.0. The summed E-state index contributed by atoms with van der Waals surface area (Å²) in [6.45, 7) is 4.87. The van der Waals surface area contributed by atoms with Crippen molar-refractivity contribution in [1.82, 2.24) is 15.6 Å². The number of anilines is 1. The molecule has 1 aliphatic rings. The monoisotopic (exact) mass is 545 g/mol. The maximum absolute atomic E-state index is 5.40. The second kappa shape index (κ2) is 12.2. The fourth-order valence-corrected chi connectivity index (χ4v) is 4.24. The fourth-order valence-electron chi connectivity index (χ4n) is 3.45. The Morgan fingerprint density at radius 1 is 1.20 bits per heavy atom. The fraction of sp³-hybridized carbons (Fsp3) is 0.524. The first-order chi connectivity index (χ1) is 14.1. The van der Waals surface area contributed by atoms with Gasteiger partial charge in [0.2, 0.25) is 0 Å². The van der Waals surface area contributed by atoms with E-state index in [1.165, 1.54) is 4.88 Å². The number of aryl methyl sites for hydroxylation is 1. The Morgan fingerprint density at radius 2 is 1.87 bits per heavy atom. The number of hydrogen-bond donors (Lipinski definition) is 2. The molecular weight excluding hydrogens is 513 g/mol. The van der Waals surface area contributed by atoms with Crippen LogP contribution in [0.4, 0.5) is 5.69 Å². The highest BCUT2D eigenvalue weighted by Gasteiger charge is 2.21. The summed E-state index contributed by atoms with van der Waals surface area (Å²) < 4.78 is 10.8. The first kappa shape index (κ1) is 24.5. The molecule has 0 atom stereocenters. The number of guanidine groups is 1. The van der Waals surface area contributed by atoms with Gasteiger partial charge in [0.25, 0.3) is 0 Å². The number of hydrogen-bond acceptors (Lipinski definition) is 6. The lowest BCUT2D eigenvalue weighted by Gasteiger charge is -2.34. The van der Waals surface area contributed by atoms with Gasteiger partial charge in [-0.25, -0.2) is 4.98 Å². The molecule has 2 N–H and O–H groups in total.